The summed E-state index contributed by atoms with van der Waals surface area (Å²) in [6.07, 6.45) is 7.43. The zero-order valence-corrected chi connectivity index (χ0v) is 12.3. The van der Waals surface area contributed by atoms with Crippen molar-refractivity contribution in [3.05, 3.63) is 18.7 Å². The summed E-state index contributed by atoms with van der Waals surface area (Å²) in [5.41, 5.74) is 0. The van der Waals surface area contributed by atoms with Crippen LogP contribution >= 0.6 is 40.2 Å². The molecule has 0 spiro atoms. The molecule has 0 saturated heterocycles. The number of hydrogen-bond donors (Lipinski definition) is 0. The molecule has 0 N–H and O–H groups in total. The fourth-order valence-electron chi connectivity index (χ4n) is 0.892. The van der Waals surface area contributed by atoms with Crippen molar-refractivity contribution in [1.29, 1.82) is 0 Å². The van der Waals surface area contributed by atoms with Gasteiger partial charge in [-0.3, -0.25) is 0 Å². The second-order valence-electron chi connectivity index (χ2n) is 2.81. The molecule has 1 aromatic heterocycles. The van der Waals surface area contributed by atoms with Gasteiger partial charge in [-0.05, 0) is 6.42 Å². The smallest absolute Gasteiger partial charge is 0.391 e. The Hall–Kier alpha value is 0.902. The van der Waals surface area contributed by atoms with Crippen molar-refractivity contribution in [3.63, 3.8) is 0 Å². The Bertz CT molecular complexity index is 252. The molecule has 0 bridgehead atoms. The van der Waals surface area contributed by atoms with Crippen LogP contribution in [0.25, 0.3) is 0 Å². The van der Waals surface area contributed by atoms with Gasteiger partial charge in [0.05, 0.1) is 13.6 Å². The van der Waals surface area contributed by atoms with E-state index in [1.807, 2.05) is 7.05 Å². The van der Waals surface area contributed by atoms with Gasteiger partial charge in [0.15, 0.2) is 0 Å². The molecule has 2 nitrogen and oxygen atoms in total. The molecule has 1 aromatic rings. The molecule has 0 aromatic carbocycles. The SMILES string of the molecule is CCCn1cc[n+](C)c1.[Cl][Al-]([Cl])([Cl])[Cl]. The summed E-state index contributed by atoms with van der Waals surface area (Å²) in [6, 6.07) is 0. The van der Waals surface area contributed by atoms with Crippen molar-refractivity contribution < 1.29 is 4.57 Å². The molecule has 7 heteroatoms. The fraction of sp³-hybridized carbons (Fsp3) is 0.571. The highest BCUT2D eigenvalue weighted by Crippen LogP contribution is 2.23. The summed E-state index contributed by atoms with van der Waals surface area (Å²) < 4.78 is 4.23. The maximum Gasteiger partial charge on any atom is 0.564 e. The van der Waals surface area contributed by atoms with Crippen LogP contribution in [-0.4, -0.2) is 14.0 Å². The topological polar surface area (TPSA) is 8.81 Å². The van der Waals surface area contributed by atoms with Crippen molar-refractivity contribution in [2.75, 3.05) is 0 Å². The van der Waals surface area contributed by atoms with E-state index in [0.29, 0.717) is 0 Å². The lowest BCUT2D eigenvalue weighted by molar-refractivity contribution is -0.671. The van der Waals surface area contributed by atoms with Gasteiger partial charge in [-0.2, -0.15) is 0 Å². The van der Waals surface area contributed by atoms with Crippen molar-refractivity contribution in [2.45, 2.75) is 19.9 Å². The minimum absolute atomic E-state index is 1.13. The number of aryl methyl sites for hydroxylation is 2. The number of nitrogens with zero attached hydrogens (tertiary/aromatic N) is 2. The van der Waals surface area contributed by atoms with E-state index < -0.39 is 9.39 Å². The summed E-state index contributed by atoms with van der Waals surface area (Å²) in [5.74, 6) is 0. The van der Waals surface area contributed by atoms with Gasteiger partial charge >= 0.3 is 9.39 Å². The molecule has 0 unspecified atom stereocenters. The third-order valence-corrected chi connectivity index (χ3v) is 1.31. The fourth-order valence-corrected chi connectivity index (χ4v) is 0.892. The second-order valence-corrected chi connectivity index (χ2v) is 15.7. The van der Waals surface area contributed by atoms with Crippen LogP contribution in [0.15, 0.2) is 18.7 Å². The van der Waals surface area contributed by atoms with Gasteiger partial charge in [0, 0.05) is 0 Å². The van der Waals surface area contributed by atoms with Crippen LogP contribution < -0.4 is 4.57 Å². The maximum atomic E-state index is 4.99. The lowest BCUT2D eigenvalue weighted by Crippen LogP contribution is -2.23. The molecule has 0 aliphatic rings. The molecular formula is C7H13AlCl4N2. The molecular weight excluding hydrogens is 281 g/mol. The predicted molar refractivity (Wildman–Crippen MR) is 65.1 cm³/mol. The summed E-state index contributed by atoms with van der Waals surface area (Å²) in [7, 11) is 19.1. The van der Waals surface area contributed by atoms with Crippen molar-refractivity contribution >= 4 is 49.6 Å². The van der Waals surface area contributed by atoms with Gasteiger partial charge in [0.1, 0.15) is 12.4 Å². The average Bonchev–Trinajstić information content (AvgIpc) is 2.32. The van der Waals surface area contributed by atoms with Gasteiger partial charge < -0.3 is 40.2 Å². The third kappa shape index (κ3) is 11.0. The van der Waals surface area contributed by atoms with Crippen LogP contribution in [0.5, 0.6) is 0 Å². The van der Waals surface area contributed by atoms with Crippen LogP contribution in [-0.2, 0) is 13.6 Å². The molecule has 0 radical (unpaired) electrons. The summed E-state index contributed by atoms with van der Waals surface area (Å²) in [4.78, 5) is 0. The molecule has 14 heavy (non-hydrogen) atoms. The highest BCUT2D eigenvalue weighted by Gasteiger charge is 2.14. The van der Waals surface area contributed by atoms with Crippen LogP contribution in [0.4, 0.5) is 0 Å². The predicted octanol–water partition coefficient (Wildman–Crippen LogP) is 3.10. The standard InChI is InChI=1S/C7H13N2.Al.4ClH/c1-3-4-9-6-5-8(2)7-9;;;;;/h5-7H,3-4H2,1-2H3;;4*1H/q+1;+3;;;;/p-4. The molecule has 1 rings (SSSR count). The van der Waals surface area contributed by atoms with E-state index in [2.05, 4.69) is 34.8 Å². The lowest BCUT2D eigenvalue weighted by Gasteiger charge is -1.97. The molecule has 0 aliphatic carbocycles. The first-order valence-corrected chi connectivity index (χ1v) is 11.2. The second kappa shape index (κ2) is 7.22. The van der Waals surface area contributed by atoms with Crippen molar-refractivity contribution in [2.24, 2.45) is 7.05 Å². The van der Waals surface area contributed by atoms with E-state index in [4.69, 9.17) is 40.2 Å². The molecule has 0 atom stereocenters. The highest BCUT2D eigenvalue weighted by molar-refractivity contribution is 7.81. The molecule has 82 valence electrons. The molecule has 0 saturated carbocycles. The molecule has 0 aliphatic heterocycles. The Morgan fingerprint density at radius 3 is 2.07 bits per heavy atom. The largest absolute Gasteiger partial charge is 0.564 e. The molecule has 0 amide bonds. The van der Waals surface area contributed by atoms with Gasteiger partial charge in [0.2, 0.25) is 6.33 Å². The first kappa shape index (κ1) is 14.9. The normalized spacial score (nSPS) is 10.7. The lowest BCUT2D eigenvalue weighted by atomic mass is 10.5. The number of halogens is 4. The summed E-state index contributed by atoms with van der Waals surface area (Å²) >= 11 is 0. The van der Waals surface area contributed by atoms with Gasteiger partial charge in [0.25, 0.3) is 0 Å². The molecule has 1 heterocycles. The quantitative estimate of drug-likeness (QED) is 0.585. The zero-order chi connectivity index (χ0) is 11.2. The van der Waals surface area contributed by atoms with Crippen LogP contribution in [0.3, 0.4) is 0 Å². The zero-order valence-electron chi connectivity index (χ0n) is 8.13. The maximum absolute atomic E-state index is 4.99. The van der Waals surface area contributed by atoms with Crippen LogP contribution in [0, 0.1) is 0 Å². The molecule has 0 fully saturated rings. The van der Waals surface area contributed by atoms with Crippen molar-refractivity contribution in [3.8, 4) is 0 Å². The summed E-state index contributed by atoms with van der Waals surface area (Å²) in [5, 5.41) is 0. The Labute approximate surface area is 104 Å². The van der Waals surface area contributed by atoms with Gasteiger partial charge in [-0.1, -0.05) is 6.92 Å². The minimum Gasteiger partial charge on any atom is -0.391 e. The van der Waals surface area contributed by atoms with Gasteiger partial charge in [-0.15, -0.1) is 0 Å². The summed E-state index contributed by atoms with van der Waals surface area (Å²) in [6.45, 7) is 3.31. The van der Waals surface area contributed by atoms with E-state index in [1.165, 1.54) is 6.42 Å². The highest BCUT2D eigenvalue weighted by atomic mass is 35.9. The van der Waals surface area contributed by atoms with E-state index in [0.717, 1.165) is 6.54 Å². The Morgan fingerprint density at radius 1 is 1.29 bits per heavy atom. The number of rotatable bonds is 2. The van der Waals surface area contributed by atoms with E-state index in [-0.39, 0.29) is 0 Å². The van der Waals surface area contributed by atoms with Crippen LogP contribution in [0.2, 0.25) is 0 Å². The number of aromatic nitrogens is 2. The number of imidazole rings is 1. The van der Waals surface area contributed by atoms with E-state index in [1.54, 1.807) is 0 Å². The Morgan fingerprint density at radius 2 is 1.79 bits per heavy atom. The third-order valence-electron chi connectivity index (χ3n) is 1.31. The van der Waals surface area contributed by atoms with E-state index in [9.17, 15) is 0 Å². The Balaban J connectivity index is 0.000000292. The monoisotopic (exact) mass is 292 g/mol. The van der Waals surface area contributed by atoms with E-state index >= 15 is 0 Å². The van der Waals surface area contributed by atoms with Crippen LogP contribution in [0.1, 0.15) is 13.3 Å². The first-order chi connectivity index (χ1) is 6.33. The first-order valence-electron chi connectivity index (χ1n) is 4.21. The van der Waals surface area contributed by atoms with Crippen molar-refractivity contribution in [1.82, 2.24) is 4.57 Å². The average molecular weight is 294 g/mol. The Kier molecular flexibility index (Phi) is 7.69. The number of hydrogen-bond acceptors (Lipinski definition) is 0. The minimum atomic E-state index is -2.94. The van der Waals surface area contributed by atoms with Gasteiger partial charge in [-0.25, -0.2) is 9.13 Å².